The molecule has 7 heteroatoms. The standard InChI is InChI=1S/C14H15Cl2N3O2/c1-19-12-7-10(16)9(15)6-11(12)17-14(19)18-13(20)8-2-4-21-5-3-8/h6-8H,2-5H2,1H3,(H,17,18,20). The van der Waals surface area contributed by atoms with E-state index in [1.165, 1.54) is 0 Å². The van der Waals surface area contributed by atoms with Crippen LogP contribution in [0.15, 0.2) is 12.1 Å². The van der Waals surface area contributed by atoms with Crippen molar-refractivity contribution in [1.29, 1.82) is 0 Å². The van der Waals surface area contributed by atoms with Crippen molar-refractivity contribution in [2.75, 3.05) is 18.5 Å². The summed E-state index contributed by atoms with van der Waals surface area (Å²) in [4.78, 5) is 16.7. The molecule has 1 aliphatic rings. The number of hydrogen-bond donors (Lipinski definition) is 1. The summed E-state index contributed by atoms with van der Waals surface area (Å²) in [6.45, 7) is 1.26. The molecule has 1 fully saturated rings. The van der Waals surface area contributed by atoms with Crippen molar-refractivity contribution in [3.63, 3.8) is 0 Å². The first-order valence-electron chi connectivity index (χ1n) is 6.76. The van der Waals surface area contributed by atoms with Crippen molar-refractivity contribution in [3.05, 3.63) is 22.2 Å². The summed E-state index contributed by atoms with van der Waals surface area (Å²) < 4.78 is 7.07. The lowest BCUT2D eigenvalue weighted by Gasteiger charge is -2.20. The molecular formula is C14H15Cl2N3O2. The summed E-state index contributed by atoms with van der Waals surface area (Å²) in [6, 6.07) is 3.44. The van der Waals surface area contributed by atoms with Crippen molar-refractivity contribution in [3.8, 4) is 0 Å². The topological polar surface area (TPSA) is 56.2 Å². The van der Waals surface area contributed by atoms with Crippen molar-refractivity contribution < 1.29 is 9.53 Å². The van der Waals surface area contributed by atoms with Gasteiger partial charge in [0.1, 0.15) is 0 Å². The number of rotatable bonds is 2. The number of carbonyl (C=O) groups is 1. The number of anilines is 1. The molecule has 1 aromatic heterocycles. The number of imidazole rings is 1. The molecule has 0 unspecified atom stereocenters. The number of ether oxygens (including phenoxy) is 1. The molecule has 3 rings (SSSR count). The monoisotopic (exact) mass is 327 g/mol. The fourth-order valence-electron chi connectivity index (χ4n) is 2.47. The van der Waals surface area contributed by atoms with Crippen LogP contribution in [0.25, 0.3) is 11.0 Å². The van der Waals surface area contributed by atoms with Gasteiger partial charge < -0.3 is 9.30 Å². The molecule has 2 heterocycles. The SMILES string of the molecule is Cn1c(NC(=O)C2CCOCC2)nc2cc(Cl)c(Cl)cc21. The first-order valence-corrected chi connectivity index (χ1v) is 7.52. The molecule has 1 saturated heterocycles. The van der Waals surface area contributed by atoms with Gasteiger partial charge in [0, 0.05) is 26.2 Å². The summed E-state index contributed by atoms with van der Waals surface area (Å²) in [6.07, 6.45) is 1.49. The van der Waals surface area contributed by atoms with Crippen molar-refractivity contribution in [2.24, 2.45) is 13.0 Å². The van der Waals surface area contributed by atoms with Crippen LogP contribution in [-0.4, -0.2) is 28.7 Å². The molecule has 0 saturated carbocycles. The van der Waals surface area contributed by atoms with Gasteiger partial charge >= 0.3 is 0 Å². The molecule has 5 nitrogen and oxygen atoms in total. The van der Waals surface area contributed by atoms with E-state index in [4.69, 9.17) is 27.9 Å². The molecule has 2 aromatic rings. The van der Waals surface area contributed by atoms with E-state index < -0.39 is 0 Å². The predicted octanol–water partition coefficient (Wildman–Crippen LogP) is 3.25. The van der Waals surface area contributed by atoms with Gasteiger partial charge in [-0.2, -0.15) is 0 Å². The van der Waals surface area contributed by atoms with E-state index in [0.29, 0.717) is 34.7 Å². The maximum Gasteiger partial charge on any atom is 0.229 e. The van der Waals surface area contributed by atoms with Gasteiger partial charge in [-0.05, 0) is 25.0 Å². The summed E-state index contributed by atoms with van der Waals surface area (Å²) in [5.41, 5.74) is 1.53. The number of aryl methyl sites for hydroxylation is 1. The zero-order valence-corrected chi connectivity index (χ0v) is 13.0. The van der Waals surface area contributed by atoms with Crippen LogP contribution in [0.5, 0.6) is 0 Å². The molecule has 0 spiro atoms. The van der Waals surface area contributed by atoms with Crippen LogP contribution in [0.4, 0.5) is 5.95 Å². The Hall–Kier alpha value is -1.30. The van der Waals surface area contributed by atoms with Gasteiger partial charge in [0.15, 0.2) is 0 Å². The smallest absolute Gasteiger partial charge is 0.229 e. The third kappa shape index (κ3) is 2.86. The third-order valence-electron chi connectivity index (χ3n) is 3.75. The maximum atomic E-state index is 12.3. The molecule has 0 radical (unpaired) electrons. The fourth-order valence-corrected chi connectivity index (χ4v) is 2.79. The van der Waals surface area contributed by atoms with Crippen molar-refractivity contribution in [2.45, 2.75) is 12.8 Å². The van der Waals surface area contributed by atoms with Crippen LogP contribution in [-0.2, 0) is 16.6 Å². The minimum atomic E-state index is -0.0225. The lowest BCUT2D eigenvalue weighted by molar-refractivity contribution is -0.122. The second-order valence-corrected chi connectivity index (χ2v) is 5.94. The van der Waals surface area contributed by atoms with Gasteiger partial charge in [0.2, 0.25) is 11.9 Å². The Kier molecular flexibility index (Phi) is 4.06. The Morgan fingerprint density at radius 1 is 1.33 bits per heavy atom. The molecule has 1 N–H and O–H groups in total. The highest BCUT2D eigenvalue weighted by atomic mass is 35.5. The Balaban J connectivity index is 1.86. The Labute approximate surface area is 132 Å². The van der Waals surface area contributed by atoms with E-state index in [-0.39, 0.29) is 11.8 Å². The first kappa shape index (κ1) is 14.6. The quantitative estimate of drug-likeness (QED) is 0.921. The highest BCUT2D eigenvalue weighted by Crippen LogP contribution is 2.29. The Bertz CT molecular complexity index is 693. The number of aromatic nitrogens is 2. The van der Waals surface area contributed by atoms with Gasteiger partial charge in [0.25, 0.3) is 0 Å². The van der Waals surface area contributed by atoms with Crippen LogP contribution < -0.4 is 5.32 Å². The summed E-state index contributed by atoms with van der Waals surface area (Å²) in [5.74, 6) is 0.458. The maximum absolute atomic E-state index is 12.3. The molecule has 1 amide bonds. The molecule has 0 bridgehead atoms. The fraction of sp³-hybridized carbons (Fsp3) is 0.429. The van der Waals surface area contributed by atoms with Crippen molar-refractivity contribution >= 4 is 46.1 Å². The molecular weight excluding hydrogens is 313 g/mol. The summed E-state index contributed by atoms with van der Waals surface area (Å²) in [7, 11) is 1.83. The number of hydrogen-bond acceptors (Lipinski definition) is 3. The predicted molar refractivity (Wildman–Crippen MR) is 82.9 cm³/mol. The zero-order valence-electron chi connectivity index (χ0n) is 11.5. The van der Waals surface area contributed by atoms with Gasteiger partial charge in [-0.3, -0.25) is 10.1 Å². The Morgan fingerprint density at radius 3 is 2.71 bits per heavy atom. The molecule has 0 atom stereocenters. The minimum absolute atomic E-state index is 0.0195. The number of fused-ring (bicyclic) bond motifs is 1. The van der Waals surface area contributed by atoms with E-state index in [2.05, 4.69) is 10.3 Å². The first-order chi connectivity index (χ1) is 10.1. The van der Waals surface area contributed by atoms with E-state index in [0.717, 1.165) is 18.4 Å². The van der Waals surface area contributed by atoms with Crippen LogP contribution >= 0.6 is 23.2 Å². The van der Waals surface area contributed by atoms with Crippen LogP contribution in [0.3, 0.4) is 0 Å². The molecule has 1 aromatic carbocycles. The second-order valence-electron chi connectivity index (χ2n) is 5.13. The second kappa shape index (κ2) is 5.83. The normalized spacial score (nSPS) is 16.3. The number of carbonyl (C=O) groups excluding carboxylic acids is 1. The highest BCUT2D eigenvalue weighted by Gasteiger charge is 2.23. The summed E-state index contributed by atoms with van der Waals surface area (Å²) in [5, 5.41) is 3.80. The molecule has 112 valence electrons. The van der Waals surface area contributed by atoms with Gasteiger partial charge in [-0.1, -0.05) is 23.2 Å². The van der Waals surface area contributed by atoms with Crippen molar-refractivity contribution in [1.82, 2.24) is 9.55 Å². The minimum Gasteiger partial charge on any atom is -0.381 e. The van der Waals surface area contributed by atoms with E-state index in [1.54, 1.807) is 16.7 Å². The Morgan fingerprint density at radius 2 is 2.00 bits per heavy atom. The van der Waals surface area contributed by atoms with Gasteiger partial charge in [-0.25, -0.2) is 4.98 Å². The van der Waals surface area contributed by atoms with E-state index in [9.17, 15) is 4.79 Å². The van der Waals surface area contributed by atoms with Gasteiger partial charge in [-0.15, -0.1) is 0 Å². The van der Waals surface area contributed by atoms with Crippen LogP contribution in [0.1, 0.15) is 12.8 Å². The summed E-state index contributed by atoms with van der Waals surface area (Å²) >= 11 is 12.0. The van der Waals surface area contributed by atoms with E-state index in [1.807, 2.05) is 7.05 Å². The number of nitrogens with zero attached hydrogens (tertiary/aromatic N) is 2. The lowest BCUT2D eigenvalue weighted by atomic mass is 10.00. The number of nitrogens with one attached hydrogen (secondary N) is 1. The number of benzene rings is 1. The molecule has 21 heavy (non-hydrogen) atoms. The average Bonchev–Trinajstić information content (AvgIpc) is 2.77. The van der Waals surface area contributed by atoms with Crippen LogP contribution in [0.2, 0.25) is 10.0 Å². The number of halogens is 2. The average molecular weight is 328 g/mol. The van der Waals surface area contributed by atoms with Gasteiger partial charge in [0.05, 0.1) is 21.1 Å². The molecule has 0 aliphatic carbocycles. The zero-order chi connectivity index (χ0) is 15.0. The van der Waals surface area contributed by atoms with Crippen LogP contribution in [0, 0.1) is 5.92 Å². The molecule has 1 aliphatic heterocycles. The van der Waals surface area contributed by atoms with E-state index >= 15 is 0 Å². The third-order valence-corrected chi connectivity index (χ3v) is 4.47. The highest BCUT2D eigenvalue weighted by molar-refractivity contribution is 6.42. The largest absolute Gasteiger partial charge is 0.381 e. The number of amides is 1. The lowest BCUT2D eigenvalue weighted by Crippen LogP contribution is -2.29.